The maximum absolute atomic E-state index is 12.0. The van der Waals surface area contributed by atoms with Gasteiger partial charge in [0.2, 0.25) is 0 Å². The second-order valence-corrected chi connectivity index (χ2v) is 5.51. The van der Waals surface area contributed by atoms with Crippen LogP contribution in [0.5, 0.6) is 0 Å². The van der Waals surface area contributed by atoms with Crippen molar-refractivity contribution < 1.29 is 15.0 Å². The fourth-order valence-corrected chi connectivity index (χ4v) is 2.47. The molecule has 3 N–H and O–H groups in total. The van der Waals surface area contributed by atoms with E-state index < -0.39 is 4.92 Å². The number of benzene rings is 2. The van der Waals surface area contributed by atoms with Crippen molar-refractivity contribution in [1.29, 1.82) is 0 Å². The van der Waals surface area contributed by atoms with Crippen molar-refractivity contribution in [3.8, 4) is 0 Å². The van der Waals surface area contributed by atoms with E-state index in [1.807, 2.05) is 36.5 Å². The van der Waals surface area contributed by atoms with Gasteiger partial charge >= 0.3 is 0 Å². The molecule has 0 aliphatic rings. The average Bonchev–Trinajstić information content (AvgIpc) is 2.53. The quantitative estimate of drug-likeness (QED) is 0.628. The molecule has 2 aromatic rings. The fourth-order valence-electron chi connectivity index (χ4n) is 2.16. The van der Waals surface area contributed by atoms with Gasteiger partial charge in [0, 0.05) is 28.4 Å². The van der Waals surface area contributed by atoms with Gasteiger partial charge in [0.1, 0.15) is 6.04 Å². The van der Waals surface area contributed by atoms with Gasteiger partial charge in [0.15, 0.2) is 6.54 Å². The van der Waals surface area contributed by atoms with Crippen molar-refractivity contribution in [1.82, 2.24) is 0 Å². The number of carbonyl (C=O) groups is 1. The number of halogens is 1. The molecule has 2 rings (SSSR count). The Kier molecular flexibility index (Phi) is 5.67. The molecule has 0 aliphatic carbocycles. The van der Waals surface area contributed by atoms with Gasteiger partial charge in [-0.3, -0.25) is 14.9 Å². The van der Waals surface area contributed by atoms with Crippen LogP contribution in [-0.2, 0) is 4.79 Å². The third kappa shape index (κ3) is 4.77. The largest absolute Gasteiger partial charge is 0.332 e. The normalized spacial score (nSPS) is 11.7. The summed E-state index contributed by atoms with van der Waals surface area (Å²) in [6.07, 6.45) is 0. The number of non-ortho nitro benzene ring substituents is 1. The Morgan fingerprint density at radius 3 is 2.74 bits per heavy atom. The molecule has 0 fully saturated rings. The van der Waals surface area contributed by atoms with Crippen LogP contribution in [0.2, 0.25) is 5.02 Å². The Morgan fingerprint density at radius 2 is 2.04 bits per heavy atom. The van der Waals surface area contributed by atoms with Crippen LogP contribution in [0.1, 0.15) is 18.5 Å². The van der Waals surface area contributed by atoms with E-state index in [1.54, 1.807) is 6.07 Å². The van der Waals surface area contributed by atoms with E-state index in [0.29, 0.717) is 10.7 Å². The lowest BCUT2D eigenvalue weighted by atomic mass is 10.1. The molecule has 1 atom stereocenters. The van der Waals surface area contributed by atoms with Gasteiger partial charge in [-0.2, -0.15) is 0 Å². The summed E-state index contributed by atoms with van der Waals surface area (Å²) in [6.45, 7) is 2.15. The van der Waals surface area contributed by atoms with Crippen LogP contribution < -0.4 is 10.6 Å². The zero-order valence-electron chi connectivity index (χ0n) is 12.5. The summed E-state index contributed by atoms with van der Waals surface area (Å²) in [5, 5.41) is 15.9. The van der Waals surface area contributed by atoms with Gasteiger partial charge in [-0.15, -0.1) is 0 Å². The van der Waals surface area contributed by atoms with Crippen molar-refractivity contribution in [3.05, 3.63) is 69.2 Å². The van der Waals surface area contributed by atoms with Gasteiger partial charge in [-0.1, -0.05) is 35.9 Å². The van der Waals surface area contributed by atoms with Crippen molar-refractivity contribution in [2.45, 2.75) is 13.0 Å². The van der Waals surface area contributed by atoms with Crippen LogP contribution in [0.4, 0.5) is 11.4 Å². The molecule has 0 aliphatic heterocycles. The highest BCUT2D eigenvalue weighted by atomic mass is 35.5. The molecule has 0 radical (unpaired) electrons. The van der Waals surface area contributed by atoms with Crippen LogP contribution in [0, 0.1) is 10.1 Å². The summed E-state index contributed by atoms with van der Waals surface area (Å²) < 4.78 is 0. The number of anilines is 1. The van der Waals surface area contributed by atoms with Gasteiger partial charge in [0.25, 0.3) is 11.6 Å². The lowest BCUT2D eigenvalue weighted by Crippen LogP contribution is -2.86. The second-order valence-electron chi connectivity index (χ2n) is 5.11. The molecule has 2 aromatic carbocycles. The predicted molar refractivity (Wildman–Crippen MR) is 88.4 cm³/mol. The Morgan fingerprint density at radius 1 is 1.30 bits per heavy atom. The van der Waals surface area contributed by atoms with Gasteiger partial charge in [-0.25, -0.2) is 0 Å². The first-order chi connectivity index (χ1) is 11.0. The molecule has 6 nitrogen and oxygen atoms in total. The molecule has 1 amide bonds. The number of nitrogens with two attached hydrogens (primary N) is 1. The lowest BCUT2D eigenvalue weighted by molar-refractivity contribution is -0.682. The summed E-state index contributed by atoms with van der Waals surface area (Å²) >= 11 is 6.13. The first-order valence-electron chi connectivity index (χ1n) is 7.09. The van der Waals surface area contributed by atoms with E-state index in [4.69, 9.17) is 11.6 Å². The number of carbonyl (C=O) groups excluding carboxylic acids is 1. The minimum absolute atomic E-state index is 0.0274. The minimum Gasteiger partial charge on any atom is -0.332 e. The fraction of sp³-hybridized carbons (Fsp3) is 0.188. The molecule has 0 heterocycles. The highest BCUT2D eigenvalue weighted by molar-refractivity contribution is 6.31. The Labute approximate surface area is 138 Å². The van der Waals surface area contributed by atoms with Crippen molar-refractivity contribution in [3.63, 3.8) is 0 Å². The summed E-state index contributed by atoms with van der Waals surface area (Å²) in [5.74, 6) is -0.232. The SMILES string of the molecule is C[C@@H]([NH2+]CC(=O)Nc1cccc([N+](=O)[O-])c1)c1ccccc1Cl. The van der Waals surface area contributed by atoms with Crippen LogP contribution in [0.25, 0.3) is 0 Å². The molecule has 0 aromatic heterocycles. The summed E-state index contributed by atoms with van der Waals surface area (Å²) in [6, 6.07) is 13.4. The number of hydrogen-bond acceptors (Lipinski definition) is 3. The topological polar surface area (TPSA) is 88.8 Å². The molecule has 0 saturated carbocycles. The maximum atomic E-state index is 12.0. The third-order valence-corrected chi connectivity index (χ3v) is 3.74. The Balaban J connectivity index is 1.91. The van der Waals surface area contributed by atoms with Crippen molar-refractivity contribution >= 4 is 28.9 Å². The molecule has 23 heavy (non-hydrogen) atoms. The smallest absolute Gasteiger partial charge is 0.279 e. The number of nitro groups is 1. The Bertz CT molecular complexity index is 721. The molecule has 120 valence electrons. The second kappa shape index (κ2) is 7.71. The summed E-state index contributed by atoms with van der Waals surface area (Å²) in [7, 11) is 0. The Hall–Kier alpha value is -2.44. The number of quaternary nitrogens is 1. The number of hydrogen-bond donors (Lipinski definition) is 2. The summed E-state index contributed by atoms with van der Waals surface area (Å²) in [4.78, 5) is 22.2. The first-order valence-corrected chi connectivity index (χ1v) is 7.47. The van der Waals surface area contributed by atoms with E-state index in [0.717, 1.165) is 5.56 Å². The zero-order valence-corrected chi connectivity index (χ0v) is 13.3. The van der Waals surface area contributed by atoms with Gasteiger partial charge < -0.3 is 10.6 Å². The van der Waals surface area contributed by atoms with E-state index >= 15 is 0 Å². The summed E-state index contributed by atoms with van der Waals surface area (Å²) in [5.41, 5.74) is 1.30. The average molecular weight is 335 g/mol. The van der Waals surface area contributed by atoms with Crippen LogP contribution in [-0.4, -0.2) is 17.4 Å². The third-order valence-electron chi connectivity index (χ3n) is 3.39. The highest BCUT2D eigenvalue weighted by Gasteiger charge is 2.14. The molecule has 0 saturated heterocycles. The van der Waals surface area contributed by atoms with Crippen LogP contribution in [0.15, 0.2) is 48.5 Å². The molecule has 0 bridgehead atoms. The molecular formula is C16H17ClN3O3+. The van der Waals surface area contributed by atoms with E-state index in [2.05, 4.69) is 5.32 Å². The van der Waals surface area contributed by atoms with Crippen molar-refractivity contribution in [2.75, 3.05) is 11.9 Å². The number of rotatable bonds is 6. The van der Waals surface area contributed by atoms with E-state index in [9.17, 15) is 14.9 Å². The molecule has 0 unspecified atom stereocenters. The minimum atomic E-state index is -0.499. The van der Waals surface area contributed by atoms with Gasteiger partial charge in [-0.05, 0) is 19.1 Å². The maximum Gasteiger partial charge on any atom is 0.279 e. The zero-order chi connectivity index (χ0) is 16.8. The highest BCUT2D eigenvalue weighted by Crippen LogP contribution is 2.19. The van der Waals surface area contributed by atoms with Crippen LogP contribution in [0.3, 0.4) is 0 Å². The molecular weight excluding hydrogens is 318 g/mol. The van der Waals surface area contributed by atoms with Crippen molar-refractivity contribution in [2.24, 2.45) is 0 Å². The number of amides is 1. The van der Waals surface area contributed by atoms with Crippen LogP contribution >= 0.6 is 11.6 Å². The monoisotopic (exact) mass is 334 g/mol. The standard InChI is InChI=1S/C16H16ClN3O3/c1-11(14-7-2-3-8-15(14)17)18-10-16(21)19-12-5-4-6-13(9-12)20(22)23/h2-9,11,18H,10H2,1H3,(H,19,21)/p+1/t11-/m1/s1. The molecule has 0 spiro atoms. The van der Waals surface area contributed by atoms with Gasteiger partial charge in [0.05, 0.1) is 4.92 Å². The van der Waals surface area contributed by atoms with E-state index in [1.165, 1.54) is 18.2 Å². The first kappa shape index (κ1) is 16.9. The van der Waals surface area contributed by atoms with E-state index in [-0.39, 0.29) is 24.2 Å². The number of nitrogens with zero attached hydrogens (tertiary/aromatic N) is 1. The predicted octanol–water partition coefficient (Wildman–Crippen LogP) is 2.51. The molecule has 7 heteroatoms. The lowest BCUT2D eigenvalue weighted by Gasteiger charge is -2.12. The number of nitrogens with one attached hydrogen (secondary N) is 1. The number of nitro benzene ring substituents is 1.